The Kier molecular flexibility index (Phi) is 3.15. The summed E-state index contributed by atoms with van der Waals surface area (Å²) >= 11 is 1.68. The second-order valence-electron chi connectivity index (χ2n) is 3.98. The molecule has 0 saturated carbocycles. The predicted molar refractivity (Wildman–Crippen MR) is 57.3 cm³/mol. The van der Waals surface area contributed by atoms with Crippen LogP contribution in [0.2, 0.25) is 0 Å². The van der Waals surface area contributed by atoms with Crippen LogP contribution in [0, 0.1) is 5.92 Å². The van der Waals surface area contributed by atoms with Crippen LogP contribution >= 0.6 is 11.3 Å². The molecule has 78 valence electrons. The van der Waals surface area contributed by atoms with Gasteiger partial charge in [0.05, 0.1) is 18.2 Å². The fourth-order valence-corrected chi connectivity index (χ4v) is 2.56. The molecule has 1 aliphatic heterocycles. The molecule has 3 nitrogen and oxygen atoms in total. The van der Waals surface area contributed by atoms with Gasteiger partial charge in [-0.15, -0.1) is 11.3 Å². The van der Waals surface area contributed by atoms with E-state index in [1.807, 2.05) is 11.7 Å². The molecule has 1 aromatic heterocycles. The fraction of sp³-hybridized carbons (Fsp3) is 0.700. The largest absolute Gasteiger partial charge is 0.378 e. The van der Waals surface area contributed by atoms with Crippen LogP contribution in [0.15, 0.2) is 11.7 Å². The van der Waals surface area contributed by atoms with Crippen LogP contribution in [0.4, 0.5) is 0 Å². The van der Waals surface area contributed by atoms with Crippen LogP contribution in [0.5, 0.6) is 0 Å². The number of nitrogens with zero attached hydrogens (tertiary/aromatic N) is 1. The third-order valence-corrected chi connectivity index (χ3v) is 3.56. The molecule has 1 saturated heterocycles. The highest BCUT2D eigenvalue weighted by molar-refractivity contribution is 7.09. The van der Waals surface area contributed by atoms with Crippen molar-refractivity contribution < 1.29 is 4.74 Å². The van der Waals surface area contributed by atoms with Crippen LogP contribution in [0.25, 0.3) is 0 Å². The number of hydrogen-bond acceptors (Lipinski definition) is 4. The first-order valence-electron chi connectivity index (χ1n) is 5.00. The van der Waals surface area contributed by atoms with Crippen molar-refractivity contribution in [2.45, 2.75) is 31.9 Å². The van der Waals surface area contributed by atoms with Crippen molar-refractivity contribution >= 4 is 11.3 Å². The van der Waals surface area contributed by atoms with E-state index in [-0.39, 0.29) is 6.04 Å². The minimum absolute atomic E-state index is 0.223. The summed E-state index contributed by atoms with van der Waals surface area (Å²) in [6.45, 7) is 2.93. The van der Waals surface area contributed by atoms with E-state index in [0.717, 1.165) is 19.4 Å². The van der Waals surface area contributed by atoms with E-state index in [1.165, 1.54) is 4.88 Å². The van der Waals surface area contributed by atoms with Gasteiger partial charge in [-0.25, -0.2) is 0 Å². The summed E-state index contributed by atoms with van der Waals surface area (Å²) in [4.78, 5) is 5.32. The van der Waals surface area contributed by atoms with Crippen molar-refractivity contribution in [3.8, 4) is 0 Å². The number of ether oxygens (including phenoxy) is 1. The minimum atomic E-state index is 0.223. The van der Waals surface area contributed by atoms with E-state index in [2.05, 4.69) is 11.9 Å². The van der Waals surface area contributed by atoms with Gasteiger partial charge in [0.2, 0.25) is 0 Å². The molecule has 0 radical (unpaired) electrons. The van der Waals surface area contributed by atoms with E-state index >= 15 is 0 Å². The number of hydrogen-bond donors (Lipinski definition) is 1. The summed E-state index contributed by atoms with van der Waals surface area (Å²) < 4.78 is 5.51. The maximum atomic E-state index is 6.13. The molecule has 1 fully saturated rings. The van der Waals surface area contributed by atoms with Crippen molar-refractivity contribution in [1.29, 1.82) is 0 Å². The smallest absolute Gasteiger partial charge is 0.0794 e. The summed E-state index contributed by atoms with van der Waals surface area (Å²) in [5, 5.41) is 0. The highest BCUT2D eigenvalue weighted by Gasteiger charge is 2.27. The van der Waals surface area contributed by atoms with Gasteiger partial charge in [0.25, 0.3) is 0 Å². The van der Waals surface area contributed by atoms with Crippen molar-refractivity contribution in [3.05, 3.63) is 16.6 Å². The van der Waals surface area contributed by atoms with Crippen molar-refractivity contribution in [2.75, 3.05) is 6.61 Å². The summed E-state index contributed by atoms with van der Waals surface area (Å²) in [5.74, 6) is 0.520. The van der Waals surface area contributed by atoms with Crippen molar-refractivity contribution in [1.82, 2.24) is 4.98 Å². The van der Waals surface area contributed by atoms with Gasteiger partial charge >= 0.3 is 0 Å². The SMILES string of the molecule is CC1CC(C(N)Cc2cncs2)CO1. The Balaban J connectivity index is 1.87. The average Bonchev–Trinajstić information content (AvgIpc) is 2.75. The standard InChI is InChI=1S/C10H16N2OS/c1-7-2-8(5-13-7)10(11)3-9-4-12-6-14-9/h4,6-8,10H,2-3,5,11H2,1H3. The van der Waals surface area contributed by atoms with Gasteiger partial charge in [0.1, 0.15) is 0 Å². The van der Waals surface area contributed by atoms with Crippen LogP contribution in [-0.2, 0) is 11.2 Å². The molecule has 0 spiro atoms. The third kappa shape index (κ3) is 2.32. The molecular formula is C10H16N2OS. The molecule has 1 aromatic rings. The van der Waals surface area contributed by atoms with Gasteiger partial charge in [0.15, 0.2) is 0 Å². The predicted octanol–water partition coefficient (Wildman–Crippen LogP) is 1.44. The maximum Gasteiger partial charge on any atom is 0.0794 e. The quantitative estimate of drug-likeness (QED) is 0.824. The molecule has 0 aromatic carbocycles. The molecular weight excluding hydrogens is 196 g/mol. The fourth-order valence-electron chi connectivity index (χ4n) is 1.89. The molecule has 14 heavy (non-hydrogen) atoms. The zero-order valence-electron chi connectivity index (χ0n) is 8.35. The second kappa shape index (κ2) is 4.38. The normalized spacial score (nSPS) is 29.3. The van der Waals surface area contributed by atoms with E-state index in [0.29, 0.717) is 12.0 Å². The molecule has 4 heteroatoms. The molecule has 0 aliphatic carbocycles. The summed E-state index contributed by atoms with van der Waals surface area (Å²) in [5.41, 5.74) is 7.99. The highest BCUT2D eigenvalue weighted by atomic mass is 32.1. The Morgan fingerprint density at radius 1 is 1.79 bits per heavy atom. The van der Waals surface area contributed by atoms with Crippen molar-refractivity contribution in [3.63, 3.8) is 0 Å². The first-order valence-corrected chi connectivity index (χ1v) is 5.88. The Morgan fingerprint density at radius 2 is 2.64 bits per heavy atom. The minimum Gasteiger partial charge on any atom is -0.378 e. The lowest BCUT2D eigenvalue weighted by molar-refractivity contribution is 0.118. The van der Waals surface area contributed by atoms with Gasteiger partial charge in [-0.3, -0.25) is 4.98 Å². The molecule has 0 bridgehead atoms. The Bertz CT molecular complexity index is 276. The van der Waals surface area contributed by atoms with E-state index in [4.69, 9.17) is 10.5 Å². The molecule has 2 heterocycles. The monoisotopic (exact) mass is 212 g/mol. The van der Waals surface area contributed by atoms with Crippen LogP contribution in [0.3, 0.4) is 0 Å². The van der Waals surface area contributed by atoms with E-state index in [1.54, 1.807) is 11.3 Å². The topological polar surface area (TPSA) is 48.1 Å². The average molecular weight is 212 g/mol. The van der Waals surface area contributed by atoms with Gasteiger partial charge in [-0.2, -0.15) is 0 Å². The third-order valence-electron chi connectivity index (χ3n) is 2.76. The molecule has 2 rings (SSSR count). The number of thiazole rings is 1. The van der Waals surface area contributed by atoms with Crippen LogP contribution in [-0.4, -0.2) is 23.7 Å². The maximum absolute atomic E-state index is 6.13. The zero-order chi connectivity index (χ0) is 9.97. The van der Waals surface area contributed by atoms with E-state index in [9.17, 15) is 0 Å². The first-order chi connectivity index (χ1) is 6.75. The van der Waals surface area contributed by atoms with Gasteiger partial charge in [-0.05, 0) is 19.8 Å². The molecule has 3 unspecified atom stereocenters. The van der Waals surface area contributed by atoms with Crippen LogP contribution < -0.4 is 5.73 Å². The van der Waals surface area contributed by atoms with Gasteiger partial charge in [0, 0.05) is 23.0 Å². The Hall–Kier alpha value is -0.450. The summed E-state index contributed by atoms with van der Waals surface area (Å²) in [6, 6.07) is 0.223. The molecule has 2 N–H and O–H groups in total. The first kappa shape index (κ1) is 10.1. The Labute approximate surface area is 88.3 Å². The molecule has 0 amide bonds. The number of aromatic nitrogens is 1. The van der Waals surface area contributed by atoms with Gasteiger partial charge < -0.3 is 10.5 Å². The lowest BCUT2D eigenvalue weighted by Gasteiger charge is -2.16. The van der Waals surface area contributed by atoms with Gasteiger partial charge in [-0.1, -0.05) is 0 Å². The summed E-state index contributed by atoms with van der Waals surface area (Å²) in [6.07, 6.45) is 4.32. The molecule has 1 aliphatic rings. The lowest BCUT2D eigenvalue weighted by atomic mass is 9.95. The number of nitrogens with two attached hydrogens (primary N) is 1. The second-order valence-corrected chi connectivity index (χ2v) is 4.95. The molecule has 3 atom stereocenters. The Morgan fingerprint density at radius 3 is 3.21 bits per heavy atom. The highest BCUT2D eigenvalue weighted by Crippen LogP contribution is 2.23. The number of rotatable bonds is 3. The zero-order valence-corrected chi connectivity index (χ0v) is 9.17. The lowest BCUT2D eigenvalue weighted by Crippen LogP contribution is -2.32. The summed E-state index contributed by atoms with van der Waals surface area (Å²) in [7, 11) is 0. The van der Waals surface area contributed by atoms with Crippen LogP contribution in [0.1, 0.15) is 18.2 Å². The van der Waals surface area contributed by atoms with E-state index < -0.39 is 0 Å². The van der Waals surface area contributed by atoms with Crippen molar-refractivity contribution in [2.24, 2.45) is 11.7 Å².